The number of rotatable bonds is 8. The minimum absolute atomic E-state index is 0.0296. The first-order valence-corrected chi connectivity index (χ1v) is 13.4. The standard InChI is InChI=1S/C29H39F3N4O4/c1-18(2)33-28(39)34-24-10-11-25-22(12-24)13-27(38)36(20(4)17-37)14-19(3)26(40-25)16-35(5)15-21-6-8-23(9-7-21)29(30,31)32/h6-12,18-20,26,37H,13-17H2,1-5H3,(H2,33,34,39)/t19-,20+,26+/m0/s1. The Labute approximate surface area is 233 Å². The van der Waals surface area contributed by atoms with Crippen LogP contribution in [0.4, 0.5) is 23.7 Å². The highest BCUT2D eigenvalue weighted by atomic mass is 19.4. The molecule has 3 rings (SSSR count). The van der Waals surface area contributed by atoms with Gasteiger partial charge in [0.1, 0.15) is 11.9 Å². The van der Waals surface area contributed by atoms with Crippen molar-refractivity contribution in [2.75, 3.05) is 32.1 Å². The van der Waals surface area contributed by atoms with E-state index in [2.05, 4.69) is 10.6 Å². The van der Waals surface area contributed by atoms with Crippen molar-refractivity contribution in [3.63, 3.8) is 0 Å². The number of fused-ring (bicyclic) bond motifs is 1. The second kappa shape index (κ2) is 13.4. The molecule has 3 N–H and O–H groups in total. The Bertz CT molecular complexity index is 1160. The van der Waals surface area contributed by atoms with Gasteiger partial charge in [-0.3, -0.25) is 9.69 Å². The molecule has 0 saturated carbocycles. The number of anilines is 1. The van der Waals surface area contributed by atoms with Crippen LogP contribution in [0.15, 0.2) is 42.5 Å². The van der Waals surface area contributed by atoms with E-state index in [1.54, 1.807) is 30.0 Å². The summed E-state index contributed by atoms with van der Waals surface area (Å²) in [4.78, 5) is 29.2. The number of nitrogens with zero attached hydrogens (tertiary/aromatic N) is 2. The van der Waals surface area contributed by atoms with Gasteiger partial charge in [-0.05, 0) is 63.7 Å². The van der Waals surface area contributed by atoms with E-state index in [1.165, 1.54) is 12.1 Å². The molecule has 40 heavy (non-hydrogen) atoms. The molecule has 8 nitrogen and oxygen atoms in total. The Balaban J connectivity index is 1.85. The number of halogens is 3. The summed E-state index contributed by atoms with van der Waals surface area (Å²) in [6, 6.07) is 9.43. The minimum Gasteiger partial charge on any atom is -0.488 e. The van der Waals surface area contributed by atoms with Crippen molar-refractivity contribution >= 4 is 17.6 Å². The number of amides is 3. The van der Waals surface area contributed by atoms with Gasteiger partial charge in [-0.1, -0.05) is 19.1 Å². The minimum atomic E-state index is -4.39. The van der Waals surface area contributed by atoms with Crippen LogP contribution < -0.4 is 15.4 Å². The number of carbonyl (C=O) groups is 2. The molecule has 220 valence electrons. The van der Waals surface area contributed by atoms with Crippen LogP contribution in [0.1, 0.15) is 44.4 Å². The first-order valence-electron chi connectivity index (χ1n) is 13.4. The number of hydrogen-bond acceptors (Lipinski definition) is 5. The largest absolute Gasteiger partial charge is 0.488 e. The van der Waals surface area contributed by atoms with Crippen LogP contribution >= 0.6 is 0 Å². The zero-order chi connectivity index (χ0) is 29.6. The summed E-state index contributed by atoms with van der Waals surface area (Å²) >= 11 is 0. The number of hydrogen-bond donors (Lipinski definition) is 3. The third-order valence-corrected chi connectivity index (χ3v) is 6.82. The van der Waals surface area contributed by atoms with Gasteiger partial charge in [-0.15, -0.1) is 0 Å². The van der Waals surface area contributed by atoms with Crippen molar-refractivity contribution in [3.05, 3.63) is 59.2 Å². The van der Waals surface area contributed by atoms with E-state index in [-0.39, 0.29) is 43.0 Å². The Morgan fingerprint density at radius 2 is 1.85 bits per heavy atom. The van der Waals surface area contributed by atoms with Gasteiger partial charge in [0.2, 0.25) is 5.91 Å². The van der Waals surface area contributed by atoms with Gasteiger partial charge in [-0.2, -0.15) is 13.2 Å². The molecule has 0 bridgehead atoms. The first-order chi connectivity index (χ1) is 18.8. The first kappa shape index (κ1) is 31.2. The van der Waals surface area contributed by atoms with Crippen molar-refractivity contribution in [1.29, 1.82) is 0 Å². The summed E-state index contributed by atoms with van der Waals surface area (Å²) in [6.45, 7) is 8.46. The van der Waals surface area contributed by atoms with Gasteiger partial charge in [0, 0.05) is 42.8 Å². The fraction of sp³-hybridized carbons (Fsp3) is 0.517. The normalized spacial score (nSPS) is 18.9. The topological polar surface area (TPSA) is 94.1 Å². The molecule has 1 aliphatic heterocycles. The fourth-order valence-corrected chi connectivity index (χ4v) is 4.64. The van der Waals surface area contributed by atoms with Crippen LogP contribution in [0.25, 0.3) is 0 Å². The zero-order valence-electron chi connectivity index (χ0n) is 23.6. The molecule has 1 aliphatic rings. The molecule has 11 heteroatoms. The number of carbonyl (C=O) groups excluding carboxylic acids is 2. The van der Waals surface area contributed by atoms with Crippen molar-refractivity contribution in [2.24, 2.45) is 5.92 Å². The quantitative estimate of drug-likeness (QED) is 0.439. The van der Waals surface area contributed by atoms with E-state index in [0.717, 1.165) is 17.7 Å². The average molecular weight is 565 g/mol. The number of nitrogens with one attached hydrogen (secondary N) is 2. The van der Waals surface area contributed by atoms with Gasteiger partial charge in [-0.25, -0.2) is 4.79 Å². The number of alkyl halides is 3. The number of urea groups is 1. The number of ether oxygens (including phenoxy) is 1. The Morgan fingerprint density at radius 1 is 1.18 bits per heavy atom. The average Bonchev–Trinajstić information content (AvgIpc) is 2.90. The molecule has 0 spiro atoms. The number of benzene rings is 2. The Morgan fingerprint density at radius 3 is 2.45 bits per heavy atom. The third-order valence-electron chi connectivity index (χ3n) is 6.82. The number of likely N-dealkylation sites (N-methyl/N-ethyl adjacent to an activating group) is 1. The summed E-state index contributed by atoms with van der Waals surface area (Å²) < 4.78 is 45.3. The second-order valence-corrected chi connectivity index (χ2v) is 10.9. The summed E-state index contributed by atoms with van der Waals surface area (Å²) in [5.41, 5.74) is 1.15. The summed E-state index contributed by atoms with van der Waals surface area (Å²) in [5, 5.41) is 15.4. The lowest BCUT2D eigenvalue weighted by Gasteiger charge is -2.34. The highest BCUT2D eigenvalue weighted by Gasteiger charge is 2.32. The SMILES string of the molecule is CC(C)NC(=O)Nc1ccc2c(c1)CC(=O)N([C@H](C)CO)C[C@H](C)[C@@H](CN(C)Cc1ccc(C(F)(F)F)cc1)O2. The van der Waals surface area contributed by atoms with Crippen LogP contribution in [0.5, 0.6) is 5.75 Å². The molecule has 3 amide bonds. The zero-order valence-corrected chi connectivity index (χ0v) is 23.6. The molecule has 0 fully saturated rings. The summed E-state index contributed by atoms with van der Waals surface area (Å²) in [6.07, 6.45) is -4.73. The Kier molecular flexibility index (Phi) is 10.4. The molecule has 3 atom stereocenters. The molecule has 0 radical (unpaired) electrons. The molecule has 2 aromatic rings. The van der Waals surface area contributed by atoms with Crippen molar-refractivity contribution in [1.82, 2.24) is 15.1 Å². The monoisotopic (exact) mass is 564 g/mol. The molecule has 0 aromatic heterocycles. The van der Waals surface area contributed by atoms with Crippen molar-refractivity contribution in [3.8, 4) is 5.75 Å². The predicted octanol–water partition coefficient (Wildman–Crippen LogP) is 4.52. The van der Waals surface area contributed by atoms with Crippen molar-refractivity contribution < 1.29 is 32.6 Å². The highest BCUT2D eigenvalue weighted by molar-refractivity contribution is 5.90. The predicted molar refractivity (Wildman–Crippen MR) is 147 cm³/mol. The van der Waals surface area contributed by atoms with Crippen LogP contribution in [-0.2, 0) is 23.9 Å². The molecule has 0 aliphatic carbocycles. The van der Waals surface area contributed by atoms with E-state index >= 15 is 0 Å². The number of aliphatic hydroxyl groups excluding tert-OH is 1. The molecular formula is C29H39F3N4O4. The van der Waals surface area contributed by atoms with Crippen LogP contribution in [0.2, 0.25) is 0 Å². The van der Waals surface area contributed by atoms with Crippen molar-refractivity contribution in [2.45, 2.75) is 65.0 Å². The van der Waals surface area contributed by atoms with Crippen LogP contribution in [0.3, 0.4) is 0 Å². The lowest BCUT2D eigenvalue weighted by molar-refractivity contribution is -0.137. The lowest BCUT2D eigenvalue weighted by Crippen LogP contribution is -2.47. The molecule has 1 heterocycles. The van der Waals surface area contributed by atoms with E-state index in [4.69, 9.17) is 4.74 Å². The molecular weight excluding hydrogens is 525 g/mol. The maximum Gasteiger partial charge on any atom is 0.416 e. The third kappa shape index (κ3) is 8.59. The number of aliphatic hydroxyl groups is 1. The lowest BCUT2D eigenvalue weighted by atomic mass is 10.0. The maximum atomic E-state index is 13.3. The van der Waals surface area contributed by atoms with Crippen LogP contribution in [-0.4, -0.2) is 71.8 Å². The van der Waals surface area contributed by atoms with Gasteiger partial charge >= 0.3 is 12.2 Å². The molecule has 2 aromatic carbocycles. The Hall–Kier alpha value is -3.31. The summed E-state index contributed by atoms with van der Waals surface area (Å²) in [5.74, 6) is 0.218. The van der Waals surface area contributed by atoms with E-state index in [9.17, 15) is 27.9 Å². The molecule has 0 saturated heterocycles. The smallest absolute Gasteiger partial charge is 0.416 e. The fourth-order valence-electron chi connectivity index (χ4n) is 4.64. The van der Waals surface area contributed by atoms with Gasteiger partial charge in [0.25, 0.3) is 0 Å². The van der Waals surface area contributed by atoms with Crippen LogP contribution in [0, 0.1) is 5.92 Å². The summed E-state index contributed by atoms with van der Waals surface area (Å²) in [7, 11) is 1.86. The van der Waals surface area contributed by atoms with Gasteiger partial charge in [0.15, 0.2) is 0 Å². The van der Waals surface area contributed by atoms with Gasteiger partial charge < -0.3 is 25.4 Å². The van der Waals surface area contributed by atoms with E-state index in [0.29, 0.717) is 36.6 Å². The maximum absolute atomic E-state index is 13.3. The van der Waals surface area contributed by atoms with Gasteiger partial charge in [0.05, 0.1) is 24.6 Å². The highest BCUT2D eigenvalue weighted by Crippen LogP contribution is 2.31. The molecule has 0 unspecified atom stereocenters. The second-order valence-electron chi connectivity index (χ2n) is 10.9. The van der Waals surface area contributed by atoms with E-state index < -0.39 is 17.8 Å². The van der Waals surface area contributed by atoms with E-state index in [1.807, 2.05) is 32.7 Å².